The van der Waals surface area contributed by atoms with Gasteiger partial charge in [0.2, 0.25) is 5.88 Å². The van der Waals surface area contributed by atoms with Gasteiger partial charge in [-0.15, -0.1) is 0 Å². The molecule has 1 aromatic rings. The SMILES string of the molecule is COc1c(C2(CN)CCCC2)c(C)nn1C. The van der Waals surface area contributed by atoms with Gasteiger partial charge >= 0.3 is 0 Å². The first-order chi connectivity index (χ1) is 7.64. The van der Waals surface area contributed by atoms with Gasteiger partial charge in [-0.1, -0.05) is 12.8 Å². The number of nitrogens with zero attached hydrogens (tertiary/aromatic N) is 2. The van der Waals surface area contributed by atoms with Crippen LogP contribution in [0.1, 0.15) is 36.9 Å². The lowest BCUT2D eigenvalue weighted by Crippen LogP contribution is -2.32. The summed E-state index contributed by atoms with van der Waals surface area (Å²) in [4.78, 5) is 0. The predicted octanol–water partition coefficient (Wildman–Crippen LogP) is 1.51. The molecule has 0 saturated heterocycles. The van der Waals surface area contributed by atoms with Crippen LogP contribution in [0.4, 0.5) is 0 Å². The van der Waals surface area contributed by atoms with Gasteiger partial charge in [-0.05, 0) is 19.8 Å². The van der Waals surface area contributed by atoms with Crippen molar-refractivity contribution in [1.29, 1.82) is 0 Å². The lowest BCUT2D eigenvalue weighted by atomic mass is 9.79. The summed E-state index contributed by atoms with van der Waals surface area (Å²) in [6.45, 7) is 2.74. The number of rotatable bonds is 3. The molecule has 0 aromatic carbocycles. The number of hydrogen-bond donors (Lipinski definition) is 1. The molecule has 1 fully saturated rings. The maximum absolute atomic E-state index is 6.01. The Kier molecular flexibility index (Phi) is 2.93. The molecule has 0 atom stereocenters. The summed E-state index contributed by atoms with van der Waals surface area (Å²) in [7, 11) is 3.63. The van der Waals surface area contributed by atoms with Crippen molar-refractivity contribution in [3.63, 3.8) is 0 Å². The zero-order valence-corrected chi connectivity index (χ0v) is 10.4. The van der Waals surface area contributed by atoms with Gasteiger partial charge in [0.1, 0.15) is 0 Å². The van der Waals surface area contributed by atoms with E-state index in [9.17, 15) is 0 Å². The van der Waals surface area contributed by atoms with Gasteiger partial charge in [0, 0.05) is 24.6 Å². The van der Waals surface area contributed by atoms with Crippen LogP contribution in [0.5, 0.6) is 5.88 Å². The molecule has 0 amide bonds. The van der Waals surface area contributed by atoms with Crippen LogP contribution in [0.3, 0.4) is 0 Å². The summed E-state index contributed by atoms with van der Waals surface area (Å²) in [5, 5.41) is 4.46. The molecule has 1 saturated carbocycles. The van der Waals surface area contributed by atoms with Gasteiger partial charge in [-0.3, -0.25) is 0 Å². The van der Waals surface area contributed by atoms with Crippen LogP contribution in [0, 0.1) is 6.92 Å². The number of ether oxygens (including phenoxy) is 1. The number of aromatic nitrogens is 2. The minimum atomic E-state index is 0.101. The molecular weight excluding hydrogens is 202 g/mol. The second-order valence-corrected chi connectivity index (χ2v) is 4.78. The molecule has 0 bridgehead atoms. The average Bonchev–Trinajstić information content (AvgIpc) is 2.83. The van der Waals surface area contributed by atoms with Crippen LogP contribution in [0.15, 0.2) is 0 Å². The Morgan fingerprint density at radius 1 is 1.44 bits per heavy atom. The van der Waals surface area contributed by atoms with Crippen LogP contribution >= 0.6 is 0 Å². The number of methoxy groups -OCH3 is 1. The van der Waals surface area contributed by atoms with Crippen molar-refractivity contribution in [1.82, 2.24) is 9.78 Å². The molecule has 0 unspecified atom stereocenters. The second kappa shape index (κ2) is 4.09. The van der Waals surface area contributed by atoms with Crippen molar-refractivity contribution >= 4 is 0 Å². The zero-order valence-electron chi connectivity index (χ0n) is 10.4. The molecule has 0 aliphatic heterocycles. The van der Waals surface area contributed by atoms with Gasteiger partial charge in [0.25, 0.3) is 0 Å². The molecule has 16 heavy (non-hydrogen) atoms. The fraction of sp³-hybridized carbons (Fsp3) is 0.750. The number of nitrogens with two attached hydrogens (primary N) is 1. The van der Waals surface area contributed by atoms with E-state index in [1.54, 1.807) is 7.11 Å². The highest BCUT2D eigenvalue weighted by molar-refractivity contribution is 5.40. The molecule has 1 aromatic heterocycles. The minimum absolute atomic E-state index is 0.101. The van der Waals surface area contributed by atoms with Crippen molar-refractivity contribution < 1.29 is 4.74 Å². The van der Waals surface area contributed by atoms with Crippen LogP contribution < -0.4 is 10.5 Å². The molecule has 4 heteroatoms. The van der Waals surface area contributed by atoms with E-state index in [1.807, 2.05) is 18.7 Å². The third kappa shape index (κ3) is 1.52. The summed E-state index contributed by atoms with van der Waals surface area (Å²) in [6.07, 6.45) is 4.84. The predicted molar refractivity (Wildman–Crippen MR) is 63.7 cm³/mol. The van der Waals surface area contributed by atoms with Gasteiger partial charge in [-0.25, -0.2) is 4.68 Å². The monoisotopic (exact) mass is 223 g/mol. The molecule has 1 aliphatic rings. The third-order valence-electron chi connectivity index (χ3n) is 3.84. The fourth-order valence-electron chi connectivity index (χ4n) is 3.09. The molecule has 1 aliphatic carbocycles. The Bertz CT molecular complexity index is 378. The fourth-order valence-corrected chi connectivity index (χ4v) is 3.09. The van der Waals surface area contributed by atoms with E-state index >= 15 is 0 Å². The summed E-state index contributed by atoms with van der Waals surface area (Å²) < 4.78 is 7.30. The Morgan fingerprint density at radius 2 is 2.06 bits per heavy atom. The summed E-state index contributed by atoms with van der Waals surface area (Å²) >= 11 is 0. The van der Waals surface area contributed by atoms with Gasteiger partial charge < -0.3 is 10.5 Å². The number of aryl methyl sites for hydroxylation is 2. The molecule has 2 rings (SSSR count). The Morgan fingerprint density at radius 3 is 2.56 bits per heavy atom. The van der Waals surface area contributed by atoms with E-state index < -0.39 is 0 Å². The van der Waals surface area contributed by atoms with Crippen LogP contribution in [-0.4, -0.2) is 23.4 Å². The van der Waals surface area contributed by atoms with Crippen molar-refractivity contribution in [2.24, 2.45) is 12.8 Å². The highest BCUT2D eigenvalue weighted by Crippen LogP contribution is 2.45. The normalized spacial score (nSPS) is 19.0. The standard InChI is InChI=1S/C12H21N3O/c1-9-10(11(16-3)15(2)14-9)12(8-13)6-4-5-7-12/h4-8,13H2,1-3H3. The van der Waals surface area contributed by atoms with Gasteiger partial charge in [-0.2, -0.15) is 5.10 Å². The topological polar surface area (TPSA) is 53.1 Å². The average molecular weight is 223 g/mol. The lowest BCUT2D eigenvalue weighted by Gasteiger charge is -2.27. The molecule has 90 valence electrons. The van der Waals surface area contributed by atoms with E-state index in [4.69, 9.17) is 10.5 Å². The Labute approximate surface area is 96.8 Å². The minimum Gasteiger partial charge on any atom is -0.481 e. The highest BCUT2D eigenvalue weighted by Gasteiger charge is 2.39. The lowest BCUT2D eigenvalue weighted by molar-refractivity contribution is 0.349. The van der Waals surface area contributed by atoms with Crippen LogP contribution in [0.2, 0.25) is 0 Å². The van der Waals surface area contributed by atoms with Crippen molar-refractivity contribution in [3.05, 3.63) is 11.3 Å². The largest absolute Gasteiger partial charge is 0.481 e. The zero-order chi connectivity index (χ0) is 11.8. The van der Waals surface area contributed by atoms with Crippen molar-refractivity contribution in [2.75, 3.05) is 13.7 Å². The van der Waals surface area contributed by atoms with Gasteiger partial charge in [0.05, 0.1) is 12.8 Å². The summed E-state index contributed by atoms with van der Waals surface area (Å²) in [6, 6.07) is 0. The van der Waals surface area contributed by atoms with E-state index in [2.05, 4.69) is 5.10 Å². The molecule has 2 N–H and O–H groups in total. The second-order valence-electron chi connectivity index (χ2n) is 4.78. The Hall–Kier alpha value is -1.03. The Balaban J connectivity index is 2.52. The first-order valence-electron chi connectivity index (χ1n) is 5.93. The number of hydrogen-bond acceptors (Lipinski definition) is 3. The van der Waals surface area contributed by atoms with Crippen molar-refractivity contribution in [3.8, 4) is 5.88 Å². The maximum atomic E-state index is 6.01. The van der Waals surface area contributed by atoms with Crippen LogP contribution in [0.25, 0.3) is 0 Å². The highest BCUT2D eigenvalue weighted by atomic mass is 16.5. The van der Waals surface area contributed by atoms with Gasteiger partial charge in [0.15, 0.2) is 0 Å². The van der Waals surface area contributed by atoms with E-state index in [1.165, 1.54) is 18.4 Å². The molecule has 1 heterocycles. The summed E-state index contributed by atoms with van der Waals surface area (Å²) in [5.74, 6) is 0.879. The smallest absolute Gasteiger partial charge is 0.215 e. The maximum Gasteiger partial charge on any atom is 0.215 e. The first-order valence-corrected chi connectivity index (χ1v) is 5.93. The summed E-state index contributed by atoms with van der Waals surface area (Å²) in [5.41, 5.74) is 8.41. The third-order valence-corrected chi connectivity index (χ3v) is 3.84. The molecule has 0 radical (unpaired) electrons. The van der Waals surface area contributed by atoms with Crippen molar-refractivity contribution in [2.45, 2.75) is 38.0 Å². The van der Waals surface area contributed by atoms with E-state index in [0.717, 1.165) is 24.4 Å². The van der Waals surface area contributed by atoms with E-state index in [0.29, 0.717) is 6.54 Å². The van der Waals surface area contributed by atoms with Crippen LogP contribution in [-0.2, 0) is 12.5 Å². The molecule has 0 spiro atoms. The quantitative estimate of drug-likeness (QED) is 0.845. The van der Waals surface area contributed by atoms with E-state index in [-0.39, 0.29) is 5.41 Å². The first kappa shape index (κ1) is 11.5. The molecule has 4 nitrogen and oxygen atoms in total. The molecular formula is C12H21N3O.